The first-order valence-corrected chi connectivity index (χ1v) is 43.9. The summed E-state index contributed by atoms with van der Waals surface area (Å²) < 4.78 is 10.4. The van der Waals surface area contributed by atoms with E-state index in [2.05, 4.69) is 389 Å². The number of likely N-dealkylation sites (N-methyl/N-ethyl adjacent to an activating group) is 2. The van der Waals surface area contributed by atoms with Gasteiger partial charge in [0.15, 0.2) is 0 Å². The molecule has 1 atom stereocenters. The van der Waals surface area contributed by atoms with Crippen LogP contribution >= 0.6 is 0 Å². The van der Waals surface area contributed by atoms with E-state index in [0.29, 0.717) is 30.2 Å². The van der Waals surface area contributed by atoms with E-state index in [4.69, 9.17) is 45.0 Å². The standard InChI is InChI=1S/C13H24N.C12H24N.C11H18N.C10H16N.2C10H20N.C10H18N.C10H12N.2C8H16N.C6H12N/c1-11(2)8-14(7,9-12(3)4)10-13(5)6;1-5-8-11-13(4,10-7-3)12-9-6-2;1-10(12(2,3)4)11-8-6-5-7-9-11;1-11(2,3)9-10-7-5-4-6-8-10;1-5-8-9-10-11(4,6-2)7-3;3*1-5-8-11(4,9-6-2)10-7-3;1-5-6-7-8-9(2,3)4;1-5-8-9(4,6-2)7-3;1-5-6-7(2,3)4/h1,3,5,8-10H2,2,4,6-7H3;3H,5-6,8-12H2,1-2,4H3;5-10H,1-4H3;4-8H,9H2,1-3H3;5-7,10H2,1-4H3;1H,6-10H2,2-4H3;5-7H,1-3,8-10H2,4H3;1-3H,8-10H2,4H3;5,8H2,1-4H3;1H,6-8H2,2-4H3;1H,6H2,2-4H3/q11*+1. The van der Waals surface area contributed by atoms with Gasteiger partial charge in [-0.3, -0.25) is 4.48 Å². The molecule has 0 aliphatic heterocycles. The van der Waals surface area contributed by atoms with Gasteiger partial charge in [-0.05, 0) is 169 Å². The van der Waals surface area contributed by atoms with Crippen LogP contribution in [-0.4, -0.2) is 334 Å². The zero-order valence-electron chi connectivity index (χ0n) is 84.9. The molecule has 0 spiro atoms. The van der Waals surface area contributed by atoms with Crippen LogP contribution in [0, 0.1) is 110 Å². The van der Waals surface area contributed by atoms with E-state index in [0.717, 1.165) is 156 Å². The molecule has 1 unspecified atom stereocenters. The highest BCUT2D eigenvalue weighted by Crippen LogP contribution is 2.22. The van der Waals surface area contributed by atoms with Gasteiger partial charge < -0.3 is 44.8 Å². The minimum Gasteiger partial charge on any atom is -0.327 e. The number of nitrogens with zero attached hydrogens (tertiary/aromatic N) is 11. The zero-order valence-corrected chi connectivity index (χ0v) is 84.9. The highest BCUT2D eigenvalue weighted by molar-refractivity contribution is 5.17. The predicted molar refractivity (Wildman–Crippen MR) is 538 cm³/mol. The monoisotopic (exact) mass is 1650 g/mol. The van der Waals surface area contributed by atoms with Crippen molar-refractivity contribution in [2.75, 3.05) is 284 Å². The number of benzene rings is 2. The van der Waals surface area contributed by atoms with Crippen LogP contribution in [0.5, 0.6) is 0 Å². The first kappa shape index (κ1) is 130. The van der Waals surface area contributed by atoms with Crippen LogP contribution in [0.3, 0.4) is 0 Å². The van der Waals surface area contributed by atoms with Crippen LogP contribution in [0.25, 0.3) is 0 Å². The second-order valence-corrected chi connectivity index (χ2v) is 37.9. The number of quaternary nitrogens is 11. The lowest BCUT2D eigenvalue weighted by Crippen LogP contribution is -2.47. The number of rotatable bonds is 39. The van der Waals surface area contributed by atoms with E-state index in [1.54, 1.807) is 0 Å². The molecule has 0 heterocycles. The fraction of sp³-hybridized carbons (Fsp3) is 0.611. The summed E-state index contributed by atoms with van der Waals surface area (Å²) in [6.45, 7) is 77.1. The molecule has 0 bridgehead atoms. The van der Waals surface area contributed by atoms with Gasteiger partial charge in [-0.1, -0.05) is 166 Å². The Hall–Kier alpha value is -7.52. The molecule has 0 saturated carbocycles. The van der Waals surface area contributed by atoms with Crippen LogP contribution in [0.4, 0.5) is 0 Å². The third kappa shape index (κ3) is 89.6. The summed E-state index contributed by atoms with van der Waals surface area (Å²) in [7, 11) is 41.2. The molecule has 672 valence electrons. The molecule has 0 saturated heterocycles. The zero-order chi connectivity index (χ0) is 94.6. The summed E-state index contributed by atoms with van der Waals surface area (Å²) in [4.78, 5) is 0. The van der Waals surface area contributed by atoms with Gasteiger partial charge in [0.25, 0.3) is 0 Å². The third-order valence-corrected chi connectivity index (χ3v) is 19.3. The average molecular weight is 1650 g/mol. The van der Waals surface area contributed by atoms with Crippen molar-refractivity contribution >= 4 is 0 Å². The molecule has 119 heavy (non-hydrogen) atoms. The van der Waals surface area contributed by atoms with E-state index in [-0.39, 0.29) is 0 Å². The maximum atomic E-state index is 5.39. The molecule has 11 nitrogen and oxygen atoms in total. The van der Waals surface area contributed by atoms with Gasteiger partial charge in [0.1, 0.15) is 91.1 Å². The Labute approximate surface area is 746 Å². The minimum absolute atomic E-state index is 0.561. The van der Waals surface area contributed by atoms with Crippen LogP contribution in [0.1, 0.15) is 165 Å². The highest BCUT2D eigenvalue weighted by atomic mass is 15.4. The molecule has 0 aromatic heterocycles. The van der Waals surface area contributed by atoms with Gasteiger partial charge in [-0.15, -0.1) is 45.0 Å². The van der Waals surface area contributed by atoms with Crippen molar-refractivity contribution in [2.24, 2.45) is 0 Å². The number of hydrogen-bond acceptors (Lipinski definition) is 0. The summed E-state index contributed by atoms with van der Waals surface area (Å²) in [5, 5.41) is 0. The SMILES string of the molecule is C#CC[N+](C)(C)C.C#CC[N+](C)(CC#C)CC#C.C#CC[N+](C)(CC)CC.C#CC[N+](C)(CCC)CCC.C#CC[N+](C)(CCCC)CCCC.C=C(C)C[N+](C)(CC(=C)C)CC(=C)C.C=CC[N+](C)(CC=C)CC=C.CC(c1ccccc1)[N+](C)(C)C.CCC#CC[N+](C)(C)C.CCC#CC[N+](C)(CC)CC.C[N+](C)(C)Cc1ccccc1. The molecule has 2 aromatic rings. The summed E-state index contributed by atoms with van der Waals surface area (Å²) in [6.07, 6.45) is 51.8. The van der Waals surface area contributed by atoms with E-state index in [1.165, 1.54) is 106 Å². The van der Waals surface area contributed by atoms with Crippen molar-refractivity contribution in [3.05, 3.63) is 146 Å². The molecule has 2 rings (SSSR count). The molecule has 11 heteroatoms. The van der Waals surface area contributed by atoms with Gasteiger partial charge in [0.2, 0.25) is 0 Å². The topological polar surface area (TPSA) is 0 Å². The summed E-state index contributed by atoms with van der Waals surface area (Å²) >= 11 is 0. The number of unbranched alkanes of at least 4 members (excludes halogenated alkanes) is 2. The Morgan fingerprint density at radius 2 is 0.613 bits per heavy atom. The van der Waals surface area contributed by atoms with Crippen molar-refractivity contribution in [2.45, 2.75) is 161 Å². The lowest BCUT2D eigenvalue weighted by Gasteiger charge is -2.35. The Balaban J connectivity index is -0.000000160. The predicted octanol–water partition coefficient (Wildman–Crippen LogP) is 18.8. The lowest BCUT2D eigenvalue weighted by atomic mass is 10.1. The number of terminal acetylenes is 7. The van der Waals surface area contributed by atoms with Crippen LogP contribution in [-0.2, 0) is 6.54 Å². The van der Waals surface area contributed by atoms with Gasteiger partial charge in [0, 0.05) is 24.0 Å². The Morgan fingerprint density at radius 1 is 0.328 bits per heavy atom. The van der Waals surface area contributed by atoms with E-state index < -0.39 is 0 Å². The molecule has 0 radical (unpaired) electrons. The molecular formula is C108H196N11+11. The summed E-state index contributed by atoms with van der Waals surface area (Å²) in [6, 6.07) is 21.8. The van der Waals surface area contributed by atoms with E-state index >= 15 is 0 Å². The molecule has 0 aliphatic carbocycles. The largest absolute Gasteiger partial charge is 0.327 e. The van der Waals surface area contributed by atoms with Crippen molar-refractivity contribution in [3.8, 4) is 110 Å². The highest BCUT2D eigenvalue weighted by Gasteiger charge is 2.24. The summed E-state index contributed by atoms with van der Waals surface area (Å²) in [5.74, 6) is 30.9. The maximum Gasteiger partial charge on any atom is 0.141 e. The third-order valence-electron chi connectivity index (χ3n) is 19.3. The Kier molecular flexibility index (Phi) is 82.1. The van der Waals surface area contributed by atoms with Crippen molar-refractivity contribution in [3.63, 3.8) is 0 Å². The molecule has 0 aliphatic rings. The van der Waals surface area contributed by atoms with Crippen LogP contribution in [0.15, 0.2) is 135 Å². The first-order chi connectivity index (χ1) is 55.1. The van der Waals surface area contributed by atoms with Crippen molar-refractivity contribution in [1.29, 1.82) is 0 Å². The fourth-order valence-corrected chi connectivity index (χ4v) is 11.7. The van der Waals surface area contributed by atoms with Gasteiger partial charge in [0.05, 0.1) is 206 Å². The second kappa shape index (κ2) is 75.4. The van der Waals surface area contributed by atoms with Gasteiger partial charge >= 0.3 is 0 Å². The Bertz CT molecular complexity index is 3230. The van der Waals surface area contributed by atoms with E-state index in [1.807, 2.05) is 25.3 Å². The minimum atomic E-state index is 0.561. The number of hydrogen-bond donors (Lipinski definition) is 0. The maximum absolute atomic E-state index is 5.39. The van der Waals surface area contributed by atoms with Crippen molar-refractivity contribution < 1.29 is 49.3 Å². The molecule has 0 N–H and O–H groups in total. The quantitative estimate of drug-likeness (QED) is 0.0356. The van der Waals surface area contributed by atoms with Gasteiger partial charge in [-0.2, -0.15) is 0 Å². The first-order valence-electron chi connectivity index (χ1n) is 43.9. The lowest BCUT2D eigenvalue weighted by molar-refractivity contribution is -0.903. The summed E-state index contributed by atoms with van der Waals surface area (Å²) in [5.41, 5.74) is 6.46. The van der Waals surface area contributed by atoms with Crippen LogP contribution in [0.2, 0.25) is 0 Å². The molecule has 0 fully saturated rings. The molecular weight excluding hydrogens is 1450 g/mol. The van der Waals surface area contributed by atoms with Crippen LogP contribution < -0.4 is 0 Å². The molecule has 0 amide bonds. The molecule has 2 aromatic carbocycles. The second-order valence-electron chi connectivity index (χ2n) is 37.9. The Morgan fingerprint density at radius 3 is 0.849 bits per heavy atom. The fourth-order valence-electron chi connectivity index (χ4n) is 11.7. The van der Waals surface area contributed by atoms with E-state index in [9.17, 15) is 0 Å². The average Bonchev–Trinajstić information content (AvgIpc) is 0.860. The van der Waals surface area contributed by atoms with Gasteiger partial charge in [-0.25, -0.2) is 0 Å². The normalized spacial score (nSPS) is 11.1. The smallest absolute Gasteiger partial charge is 0.141 e. The van der Waals surface area contributed by atoms with Crippen molar-refractivity contribution in [1.82, 2.24) is 0 Å².